The number of hydrogen-bond donors (Lipinski definition) is 1. The summed E-state index contributed by atoms with van der Waals surface area (Å²) in [5.41, 5.74) is -0.565. The lowest BCUT2D eigenvalue weighted by atomic mass is 9.85. The molecule has 2 unspecified atom stereocenters. The lowest BCUT2D eigenvalue weighted by Gasteiger charge is -2.37. The molecule has 1 aromatic heterocycles. The maximum Gasteiger partial charge on any atom is 0.108 e. The summed E-state index contributed by atoms with van der Waals surface area (Å²) in [5, 5.41) is 10.6. The van der Waals surface area contributed by atoms with Gasteiger partial charge in [0.05, 0.1) is 11.7 Å². The van der Waals surface area contributed by atoms with Crippen LogP contribution in [0.5, 0.6) is 0 Å². The Hall–Kier alpha value is -0.870. The summed E-state index contributed by atoms with van der Waals surface area (Å²) >= 11 is 0. The fourth-order valence-electron chi connectivity index (χ4n) is 2.72. The van der Waals surface area contributed by atoms with Crippen molar-refractivity contribution in [1.29, 1.82) is 0 Å². The summed E-state index contributed by atoms with van der Waals surface area (Å²) in [6, 6.07) is 0. The van der Waals surface area contributed by atoms with Crippen molar-refractivity contribution < 1.29 is 9.84 Å². The van der Waals surface area contributed by atoms with Crippen LogP contribution in [0.1, 0.15) is 44.9 Å². The number of aliphatic hydroxyl groups is 1. The van der Waals surface area contributed by atoms with E-state index in [1.54, 1.807) is 0 Å². The molecular formula is C14H24N2O2. The average Bonchev–Trinajstić information content (AvgIpc) is 2.73. The minimum Gasteiger partial charge on any atom is -0.390 e. The van der Waals surface area contributed by atoms with Crippen LogP contribution in [0.25, 0.3) is 0 Å². The van der Waals surface area contributed by atoms with Crippen LogP contribution in [0.3, 0.4) is 0 Å². The molecule has 1 fully saturated rings. The number of rotatable bonds is 5. The van der Waals surface area contributed by atoms with Crippen molar-refractivity contribution in [1.82, 2.24) is 9.55 Å². The molecule has 1 aliphatic rings. The summed E-state index contributed by atoms with van der Waals surface area (Å²) in [6.45, 7) is 2.84. The van der Waals surface area contributed by atoms with Crippen molar-refractivity contribution in [3.8, 4) is 0 Å². The number of aryl methyl sites for hydroxylation is 2. The maximum atomic E-state index is 10.6. The highest BCUT2D eigenvalue weighted by molar-refractivity contribution is 4.95. The molecule has 2 heterocycles. The fourth-order valence-corrected chi connectivity index (χ4v) is 2.72. The van der Waals surface area contributed by atoms with E-state index < -0.39 is 5.60 Å². The van der Waals surface area contributed by atoms with Gasteiger partial charge in [-0.15, -0.1) is 0 Å². The number of imidazole rings is 1. The highest BCUT2D eigenvalue weighted by Crippen LogP contribution is 2.30. The van der Waals surface area contributed by atoms with Gasteiger partial charge in [-0.3, -0.25) is 0 Å². The highest BCUT2D eigenvalue weighted by Gasteiger charge is 2.34. The minimum atomic E-state index is -0.565. The van der Waals surface area contributed by atoms with Crippen LogP contribution in [0.4, 0.5) is 0 Å². The molecule has 0 spiro atoms. The lowest BCUT2D eigenvalue weighted by Crippen LogP contribution is -2.41. The molecule has 0 bridgehead atoms. The standard InChI is InChI=1S/C14H24N2O2/c1-3-4-12-11-14(17,7-10-18-12)6-5-13-15-8-9-16(13)2/h8-9,12,17H,3-7,10-11H2,1-2H3. The Balaban J connectivity index is 1.88. The topological polar surface area (TPSA) is 47.3 Å². The molecule has 18 heavy (non-hydrogen) atoms. The third kappa shape index (κ3) is 3.33. The second kappa shape index (κ2) is 5.85. The Morgan fingerprint density at radius 1 is 1.61 bits per heavy atom. The van der Waals surface area contributed by atoms with E-state index in [1.807, 2.05) is 24.0 Å². The van der Waals surface area contributed by atoms with E-state index in [2.05, 4.69) is 11.9 Å². The smallest absolute Gasteiger partial charge is 0.108 e. The van der Waals surface area contributed by atoms with Gasteiger partial charge in [-0.25, -0.2) is 4.98 Å². The van der Waals surface area contributed by atoms with Gasteiger partial charge in [0.25, 0.3) is 0 Å². The predicted octanol–water partition coefficient (Wildman–Crippen LogP) is 2.06. The molecule has 4 nitrogen and oxygen atoms in total. The summed E-state index contributed by atoms with van der Waals surface area (Å²) in [6.07, 6.45) is 9.27. The van der Waals surface area contributed by atoms with Crippen LogP contribution in [-0.2, 0) is 18.2 Å². The van der Waals surface area contributed by atoms with Gasteiger partial charge in [0, 0.05) is 38.9 Å². The van der Waals surface area contributed by atoms with Gasteiger partial charge in [0.15, 0.2) is 0 Å². The predicted molar refractivity (Wildman–Crippen MR) is 70.4 cm³/mol. The Morgan fingerprint density at radius 3 is 3.11 bits per heavy atom. The van der Waals surface area contributed by atoms with Crippen LogP contribution >= 0.6 is 0 Å². The zero-order chi connectivity index (χ0) is 13.0. The average molecular weight is 252 g/mol. The molecule has 0 amide bonds. The minimum absolute atomic E-state index is 0.232. The monoisotopic (exact) mass is 252 g/mol. The quantitative estimate of drug-likeness (QED) is 0.872. The molecule has 0 aromatic carbocycles. The third-order valence-electron chi connectivity index (χ3n) is 3.87. The summed E-state index contributed by atoms with van der Waals surface area (Å²) in [4.78, 5) is 4.31. The Labute approximate surface area is 109 Å². The van der Waals surface area contributed by atoms with Crippen LogP contribution < -0.4 is 0 Å². The number of hydrogen-bond acceptors (Lipinski definition) is 3. The summed E-state index contributed by atoms with van der Waals surface area (Å²) in [7, 11) is 2.00. The van der Waals surface area contributed by atoms with E-state index in [9.17, 15) is 5.11 Å². The molecule has 0 saturated carbocycles. The van der Waals surface area contributed by atoms with Gasteiger partial charge in [0.1, 0.15) is 5.82 Å². The normalized spacial score (nSPS) is 28.5. The molecule has 2 rings (SSSR count). The molecule has 4 heteroatoms. The van der Waals surface area contributed by atoms with Gasteiger partial charge in [-0.2, -0.15) is 0 Å². The third-order valence-corrected chi connectivity index (χ3v) is 3.87. The van der Waals surface area contributed by atoms with Crippen molar-refractivity contribution in [2.45, 2.75) is 57.2 Å². The van der Waals surface area contributed by atoms with Gasteiger partial charge in [-0.1, -0.05) is 13.3 Å². The zero-order valence-electron chi connectivity index (χ0n) is 11.4. The molecule has 0 aliphatic carbocycles. The van der Waals surface area contributed by atoms with E-state index in [-0.39, 0.29) is 6.10 Å². The van der Waals surface area contributed by atoms with Crippen LogP contribution in [-0.4, -0.2) is 33.0 Å². The van der Waals surface area contributed by atoms with Crippen LogP contribution in [0.15, 0.2) is 12.4 Å². The van der Waals surface area contributed by atoms with Gasteiger partial charge in [-0.05, 0) is 19.3 Å². The summed E-state index contributed by atoms with van der Waals surface area (Å²) in [5.74, 6) is 1.04. The molecule has 1 aromatic rings. The highest BCUT2D eigenvalue weighted by atomic mass is 16.5. The Bertz CT molecular complexity index is 376. The molecule has 102 valence electrons. The number of aromatic nitrogens is 2. The first-order valence-corrected chi connectivity index (χ1v) is 6.93. The Kier molecular flexibility index (Phi) is 4.40. The van der Waals surface area contributed by atoms with E-state index in [0.717, 1.165) is 44.3 Å². The SMILES string of the molecule is CCCC1CC(O)(CCc2nccn2C)CCO1. The number of nitrogens with zero attached hydrogens (tertiary/aromatic N) is 2. The first-order chi connectivity index (χ1) is 8.63. The van der Waals surface area contributed by atoms with Crippen LogP contribution in [0, 0.1) is 0 Å². The van der Waals surface area contributed by atoms with Gasteiger partial charge < -0.3 is 14.4 Å². The maximum absolute atomic E-state index is 10.6. The first kappa shape index (κ1) is 13.6. The number of ether oxygens (including phenoxy) is 1. The Morgan fingerprint density at radius 2 is 2.44 bits per heavy atom. The molecule has 0 radical (unpaired) electrons. The van der Waals surface area contributed by atoms with Crippen molar-refractivity contribution in [3.63, 3.8) is 0 Å². The van der Waals surface area contributed by atoms with Crippen molar-refractivity contribution in [2.24, 2.45) is 7.05 Å². The first-order valence-electron chi connectivity index (χ1n) is 6.93. The summed E-state index contributed by atoms with van der Waals surface area (Å²) < 4.78 is 7.71. The molecular weight excluding hydrogens is 228 g/mol. The van der Waals surface area contributed by atoms with Crippen molar-refractivity contribution >= 4 is 0 Å². The van der Waals surface area contributed by atoms with E-state index >= 15 is 0 Å². The van der Waals surface area contributed by atoms with Gasteiger partial charge >= 0.3 is 0 Å². The van der Waals surface area contributed by atoms with E-state index in [1.165, 1.54) is 0 Å². The molecule has 1 saturated heterocycles. The van der Waals surface area contributed by atoms with Gasteiger partial charge in [0.2, 0.25) is 0 Å². The van der Waals surface area contributed by atoms with Crippen molar-refractivity contribution in [2.75, 3.05) is 6.61 Å². The zero-order valence-corrected chi connectivity index (χ0v) is 11.4. The second-order valence-corrected chi connectivity index (χ2v) is 5.41. The van der Waals surface area contributed by atoms with E-state index in [0.29, 0.717) is 6.61 Å². The molecule has 1 N–H and O–H groups in total. The van der Waals surface area contributed by atoms with Crippen molar-refractivity contribution in [3.05, 3.63) is 18.2 Å². The molecule has 1 aliphatic heterocycles. The largest absolute Gasteiger partial charge is 0.390 e. The fraction of sp³-hybridized carbons (Fsp3) is 0.786. The molecule has 2 atom stereocenters. The van der Waals surface area contributed by atoms with Crippen LogP contribution in [0.2, 0.25) is 0 Å². The van der Waals surface area contributed by atoms with E-state index in [4.69, 9.17) is 4.74 Å². The second-order valence-electron chi connectivity index (χ2n) is 5.41. The lowest BCUT2D eigenvalue weighted by molar-refractivity contribution is -0.109.